The van der Waals surface area contributed by atoms with Gasteiger partial charge in [-0.05, 0) is 29.3 Å². The Bertz CT molecular complexity index is 1170. The number of nitrogens with zero attached hydrogens (tertiary/aromatic N) is 2. The molecule has 4 aromatic rings. The van der Waals surface area contributed by atoms with Gasteiger partial charge in [-0.15, -0.1) is 0 Å². The van der Waals surface area contributed by atoms with Gasteiger partial charge in [0.15, 0.2) is 0 Å². The Labute approximate surface area is 169 Å². The Morgan fingerprint density at radius 3 is 2.23 bits per heavy atom. The Hall–Kier alpha value is -3.94. The largest absolute Gasteiger partial charge is 0.490 e. The number of alkyl halides is 3. The van der Waals surface area contributed by atoms with Crippen molar-refractivity contribution in [3.63, 3.8) is 0 Å². The second-order valence-electron chi connectivity index (χ2n) is 6.20. The van der Waals surface area contributed by atoms with Gasteiger partial charge >= 0.3 is 12.1 Å². The van der Waals surface area contributed by atoms with Gasteiger partial charge in [-0.3, -0.25) is 4.98 Å². The van der Waals surface area contributed by atoms with E-state index in [-0.39, 0.29) is 0 Å². The summed E-state index contributed by atoms with van der Waals surface area (Å²) in [5.41, 5.74) is 11.3. The molecule has 0 bridgehead atoms. The number of carboxylic acid groups (broad SMARTS) is 1. The molecule has 0 amide bonds. The van der Waals surface area contributed by atoms with Crippen LogP contribution in [0.1, 0.15) is 0 Å². The van der Waals surface area contributed by atoms with Crippen LogP contribution in [0.15, 0.2) is 79.1 Å². The summed E-state index contributed by atoms with van der Waals surface area (Å²) in [4.78, 5) is 17.7. The molecule has 2 aromatic carbocycles. The van der Waals surface area contributed by atoms with Crippen molar-refractivity contribution in [3.05, 3.63) is 79.1 Å². The Morgan fingerprint density at radius 2 is 1.57 bits per heavy atom. The van der Waals surface area contributed by atoms with Crippen LogP contribution in [-0.4, -0.2) is 27.2 Å². The van der Waals surface area contributed by atoms with E-state index in [2.05, 4.69) is 40.3 Å². The molecule has 8 heteroatoms. The number of hydrogen-bond donors (Lipinski definition) is 2. The van der Waals surface area contributed by atoms with Crippen LogP contribution in [0.4, 0.5) is 19.0 Å². The monoisotopic (exact) mass is 411 g/mol. The fourth-order valence-corrected chi connectivity index (χ4v) is 2.82. The second kappa shape index (κ2) is 8.60. The smallest absolute Gasteiger partial charge is 0.475 e. The molecule has 2 heterocycles. The molecule has 0 aliphatic rings. The summed E-state index contributed by atoms with van der Waals surface area (Å²) in [7, 11) is 0. The van der Waals surface area contributed by atoms with E-state index in [9.17, 15) is 13.2 Å². The molecule has 0 radical (unpaired) electrons. The number of rotatable bonds is 2. The minimum absolute atomic E-state index is 0.529. The lowest BCUT2D eigenvalue weighted by Crippen LogP contribution is -2.21. The van der Waals surface area contributed by atoms with Crippen molar-refractivity contribution in [2.75, 3.05) is 5.73 Å². The molecule has 4 rings (SSSR count). The maximum Gasteiger partial charge on any atom is 0.490 e. The number of aromatic nitrogens is 2. The summed E-state index contributed by atoms with van der Waals surface area (Å²) in [6, 6.07) is 22.4. The number of benzene rings is 2. The van der Waals surface area contributed by atoms with Gasteiger partial charge in [0.2, 0.25) is 0 Å². The van der Waals surface area contributed by atoms with Crippen LogP contribution in [0, 0.1) is 0 Å². The molecule has 0 aliphatic heterocycles. The molecule has 2 aromatic heterocycles. The minimum atomic E-state index is -5.08. The number of nitrogens with two attached hydrogens (primary N) is 1. The summed E-state index contributed by atoms with van der Waals surface area (Å²) >= 11 is 0. The van der Waals surface area contributed by atoms with Gasteiger partial charge in [0, 0.05) is 28.9 Å². The van der Waals surface area contributed by atoms with E-state index in [1.54, 1.807) is 6.20 Å². The lowest BCUT2D eigenvalue weighted by atomic mass is 9.98. The lowest BCUT2D eigenvalue weighted by Gasteiger charge is -2.11. The predicted molar refractivity (Wildman–Crippen MR) is 109 cm³/mol. The first-order chi connectivity index (χ1) is 14.3. The number of aliphatic carboxylic acids is 1. The van der Waals surface area contributed by atoms with Gasteiger partial charge < -0.3 is 10.8 Å². The molecule has 0 unspecified atom stereocenters. The highest BCUT2D eigenvalue weighted by atomic mass is 19.4. The summed E-state index contributed by atoms with van der Waals surface area (Å²) in [5.74, 6) is -2.23. The highest BCUT2D eigenvalue weighted by molar-refractivity contribution is 5.97. The standard InChI is InChI=1S/C20H15N3.C2HF3O2/c21-20-18(12-15(13-23-20)14-6-2-1-3-7-14)16-8-4-10-19-17(16)9-5-11-22-19;3-2(4,5)1(6)7/h1-13H,(H2,21,23);(H,6,7). The van der Waals surface area contributed by atoms with E-state index in [1.165, 1.54) is 0 Å². The quantitative estimate of drug-likeness (QED) is 0.474. The van der Waals surface area contributed by atoms with Crippen molar-refractivity contribution in [2.24, 2.45) is 0 Å². The maximum absolute atomic E-state index is 10.6. The number of anilines is 1. The second-order valence-corrected chi connectivity index (χ2v) is 6.20. The third kappa shape index (κ3) is 4.72. The molecule has 0 saturated carbocycles. The zero-order chi connectivity index (χ0) is 21.7. The number of halogens is 3. The third-order valence-electron chi connectivity index (χ3n) is 4.20. The Kier molecular flexibility index (Phi) is 5.96. The van der Waals surface area contributed by atoms with Gasteiger partial charge in [0.05, 0.1) is 5.52 Å². The molecular weight excluding hydrogens is 395 g/mol. The SMILES string of the molecule is Nc1ncc(-c2ccccc2)cc1-c1cccc2ncccc12.O=C(O)C(F)(F)F. The molecule has 0 spiro atoms. The van der Waals surface area contributed by atoms with Gasteiger partial charge in [-0.1, -0.05) is 48.5 Å². The molecule has 0 fully saturated rings. The number of carbonyl (C=O) groups is 1. The lowest BCUT2D eigenvalue weighted by molar-refractivity contribution is -0.192. The Morgan fingerprint density at radius 1 is 0.867 bits per heavy atom. The van der Waals surface area contributed by atoms with Crippen LogP contribution in [0.3, 0.4) is 0 Å². The summed E-state index contributed by atoms with van der Waals surface area (Å²) < 4.78 is 31.7. The van der Waals surface area contributed by atoms with E-state index >= 15 is 0 Å². The molecule has 5 nitrogen and oxygen atoms in total. The zero-order valence-electron chi connectivity index (χ0n) is 15.5. The first kappa shape index (κ1) is 20.8. The highest BCUT2D eigenvalue weighted by Gasteiger charge is 2.38. The van der Waals surface area contributed by atoms with Crippen molar-refractivity contribution >= 4 is 22.7 Å². The van der Waals surface area contributed by atoms with Crippen molar-refractivity contribution in [1.82, 2.24) is 9.97 Å². The van der Waals surface area contributed by atoms with Gasteiger partial charge in [0.25, 0.3) is 0 Å². The molecule has 0 saturated heterocycles. The van der Waals surface area contributed by atoms with E-state index in [1.807, 2.05) is 42.6 Å². The van der Waals surface area contributed by atoms with Crippen molar-refractivity contribution in [2.45, 2.75) is 6.18 Å². The van der Waals surface area contributed by atoms with Crippen LogP contribution in [0.25, 0.3) is 33.2 Å². The van der Waals surface area contributed by atoms with E-state index in [0.29, 0.717) is 5.82 Å². The molecule has 0 atom stereocenters. The van der Waals surface area contributed by atoms with Gasteiger partial charge in [0.1, 0.15) is 5.82 Å². The predicted octanol–water partition coefficient (Wildman–Crippen LogP) is 5.18. The number of pyridine rings is 2. The van der Waals surface area contributed by atoms with E-state index < -0.39 is 12.1 Å². The van der Waals surface area contributed by atoms with Crippen LogP contribution < -0.4 is 5.73 Å². The first-order valence-electron chi connectivity index (χ1n) is 8.72. The summed E-state index contributed by atoms with van der Waals surface area (Å²) in [6.07, 6.45) is -1.47. The van der Waals surface area contributed by atoms with Crippen LogP contribution >= 0.6 is 0 Å². The average Bonchev–Trinajstić information content (AvgIpc) is 2.74. The zero-order valence-corrected chi connectivity index (χ0v) is 15.5. The summed E-state index contributed by atoms with van der Waals surface area (Å²) in [5, 5.41) is 8.20. The fourth-order valence-electron chi connectivity index (χ4n) is 2.82. The average molecular weight is 411 g/mol. The molecule has 152 valence electrons. The maximum atomic E-state index is 10.6. The minimum Gasteiger partial charge on any atom is -0.475 e. The topological polar surface area (TPSA) is 89.1 Å². The van der Waals surface area contributed by atoms with Crippen LogP contribution in [0.2, 0.25) is 0 Å². The molecule has 0 aliphatic carbocycles. The van der Waals surface area contributed by atoms with Crippen LogP contribution in [0.5, 0.6) is 0 Å². The number of carboxylic acids is 1. The molecule has 3 N–H and O–H groups in total. The van der Waals surface area contributed by atoms with Gasteiger partial charge in [-0.25, -0.2) is 9.78 Å². The Balaban J connectivity index is 0.000000318. The number of hydrogen-bond acceptors (Lipinski definition) is 4. The first-order valence-corrected chi connectivity index (χ1v) is 8.72. The summed E-state index contributed by atoms with van der Waals surface area (Å²) in [6.45, 7) is 0. The molecular formula is C22H16F3N3O2. The van der Waals surface area contributed by atoms with Crippen molar-refractivity contribution < 1.29 is 23.1 Å². The number of fused-ring (bicyclic) bond motifs is 1. The van der Waals surface area contributed by atoms with E-state index in [4.69, 9.17) is 15.6 Å². The van der Waals surface area contributed by atoms with Crippen LogP contribution in [-0.2, 0) is 4.79 Å². The van der Waals surface area contributed by atoms with Gasteiger partial charge in [-0.2, -0.15) is 13.2 Å². The molecule has 30 heavy (non-hydrogen) atoms. The highest BCUT2D eigenvalue weighted by Crippen LogP contribution is 2.33. The van der Waals surface area contributed by atoms with Crippen molar-refractivity contribution in [3.8, 4) is 22.3 Å². The third-order valence-corrected chi connectivity index (χ3v) is 4.20. The number of nitrogen functional groups attached to an aromatic ring is 1. The normalized spacial score (nSPS) is 10.9. The van der Waals surface area contributed by atoms with E-state index in [0.717, 1.165) is 33.2 Å². The van der Waals surface area contributed by atoms with Crippen molar-refractivity contribution in [1.29, 1.82) is 0 Å². The fraction of sp³-hybridized carbons (Fsp3) is 0.0455.